The molecule has 352 valence electrons. The Morgan fingerprint density at radius 1 is 0.550 bits per heavy atom. The third kappa shape index (κ3) is 31.9. The van der Waals surface area contributed by atoms with Gasteiger partial charge in [-0.1, -0.05) is 167 Å². The largest absolute Gasteiger partial charge is 0.462 e. The van der Waals surface area contributed by atoms with Gasteiger partial charge in [-0.3, -0.25) is 14.1 Å². The molecule has 12 nitrogen and oxygen atoms in total. The summed E-state index contributed by atoms with van der Waals surface area (Å²) < 4.78 is 54.1. The standard InChI is InChI=1S/C47H86O12S/c1-3-5-7-9-11-13-15-17-19-20-22-24-26-28-30-32-34-36-43(49)58-40(38-57-47-46(52)45(51)44(50)41(59-47)39-60(53,54)55)37-56-42(48)35-33-31-29-27-25-23-21-18-16-14-12-10-8-6-4-2/h13,15,29,31,40-41,44-47,50-52H,3-12,14,16-28,30,32-39H2,1-2H3,(H,53,54,55)/b15-13+,31-29+/t40-,41-,44-,45?,46?,47+/m1/s1. The first-order valence-electron chi connectivity index (χ1n) is 23.9. The summed E-state index contributed by atoms with van der Waals surface area (Å²) in [5, 5.41) is 30.9. The molecule has 1 rings (SSSR count). The van der Waals surface area contributed by atoms with Crippen LogP contribution < -0.4 is 0 Å². The summed E-state index contributed by atoms with van der Waals surface area (Å²) in [6.45, 7) is 3.73. The van der Waals surface area contributed by atoms with E-state index in [1.807, 2.05) is 6.08 Å². The lowest BCUT2D eigenvalue weighted by Crippen LogP contribution is -2.60. The lowest BCUT2D eigenvalue weighted by molar-refractivity contribution is -0.297. The highest BCUT2D eigenvalue weighted by molar-refractivity contribution is 7.85. The molecule has 0 aliphatic carbocycles. The fourth-order valence-corrected chi connectivity index (χ4v) is 7.97. The Morgan fingerprint density at radius 3 is 1.47 bits per heavy atom. The molecule has 1 aliphatic heterocycles. The fraction of sp³-hybridized carbons (Fsp3) is 0.872. The minimum atomic E-state index is -4.60. The lowest BCUT2D eigenvalue weighted by Gasteiger charge is -2.40. The molecule has 0 aromatic carbocycles. The predicted molar refractivity (Wildman–Crippen MR) is 238 cm³/mol. The van der Waals surface area contributed by atoms with Crippen molar-refractivity contribution in [1.29, 1.82) is 0 Å². The monoisotopic (exact) mass is 875 g/mol. The number of rotatable bonds is 40. The van der Waals surface area contributed by atoms with E-state index in [0.29, 0.717) is 12.8 Å². The van der Waals surface area contributed by atoms with Gasteiger partial charge < -0.3 is 34.3 Å². The van der Waals surface area contributed by atoms with Gasteiger partial charge in [0.05, 0.1) is 6.61 Å². The maximum Gasteiger partial charge on any atom is 0.306 e. The summed E-state index contributed by atoms with van der Waals surface area (Å²) in [5.41, 5.74) is 0. The number of carbonyl (C=O) groups excluding carboxylic acids is 2. The molecule has 60 heavy (non-hydrogen) atoms. The smallest absolute Gasteiger partial charge is 0.306 e. The van der Waals surface area contributed by atoms with Crippen molar-refractivity contribution in [2.45, 2.75) is 243 Å². The summed E-state index contributed by atoms with van der Waals surface area (Å²) in [7, 11) is -4.60. The van der Waals surface area contributed by atoms with E-state index >= 15 is 0 Å². The summed E-state index contributed by atoms with van der Waals surface area (Å²) in [6.07, 6.45) is 32.3. The van der Waals surface area contributed by atoms with Crippen molar-refractivity contribution in [1.82, 2.24) is 0 Å². The number of esters is 2. The van der Waals surface area contributed by atoms with Gasteiger partial charge in [0.15, 0.2) is 12.4 Å². The summed E-state index contributed by atoms with van der Waals surface area (Å²) in [4.78, 5) is 25.4. The maximum atomic E-state index is 12.8. The van der Waals surface area contributed by atoms with E-state index in [2.05, 4.69) is 32.1 Å². The second kappa shape index (κ2) is 37.7. The van der Waals surface area contributed by atoms with E-state index in [1.165, 1.54) is 128 Å². The van der Waals surface area contributed by atoms with E-state index in [0.717, 1.165) is 38.5 Å². The number of aliphatic hydroxyl groups is 3. The van der Waals surface area contributed by atoms with Crippen LogP contribution in [0.5, 0.6) is 0 Å². The molecule has 4 N–H and O–H groups in total. The van der Waals surface area contributed by atoms with Gasteiger partial charge in [-0.2, -0.15) is 8.42 Å². The van der Waals surface area contributed by atoms with Crippen molar-refractivity contribution in [3.8, 4) is 0 Å². The zero-order chi connectivity index (χ0) is 44.1. The Balaban J connectivity index is 2.43. The topological polar surface area (TPSA) is 186 Å². The number of allylic oxidation sites excluding steroid dienone is 4. The van der Waals surface area contributed by atoms with Crippen molar-refractivity contribution in [2.24, 2.45) is 0 Å². The average Bonchev–Trinajstić information content (AvgIpc) is 3.21. The number of hydrogen-bond donors (Lipinski definition) is 4. The van der Waals surface area contributed by atoms with Crippen LogP contribution in [0.4, 0.5) is 0 Å². The first-order chi connectivity index (χ1) is 29.0. The molecule has 1 heterocycles. The quantitative estimate of drug-likeness (QED) is 0.0198. The van der Waals surface area contributed by atoms with Gasteiger partial charge in [0, 0.05) is 12.8 Å². The van der Waals surface area contributed by atoms with Crippen LogP contribution in [-0.4, -0.2) is 96.0 Å². The molecule has 6 atom stereocenters. The van der Waals surface area contributed by atoms with Crippen LogP contribution in [-0.2, 0) is 38.7 Å². The van der Waals surface area contributed by atoms with E-state index < -0.39 is 71.2 Å². The highest BCUT2D eigenvalue weighted by Gasteiger charge is 2.46. The SMILES string of the molecule is CCCCCC/C=C/CCCCCCCCCCCC(=O)O[C@H](COC(=O)CC/C=C/CCCCCCCCCCCCC)CO[C@H]1O[C@H](CS(=O)(=O)O)[C@@H](O)C(O)C1O. The molecule has 0 amide bonds. The number of carbonyl (C=O) groups is 2. The number of aliphatic hydroxyl groups excluding tert-OH is 3. The third-order valence-corrected chi connectivity index (χ3v) is 11.8. The van der Waals surface area contributed by atoms with Crippen LogP contribution in [0.25, 0.3) is 0 Å². The molecule has 1 fully saturated rings. The lowest BCUT2D eigenvalue weighted by atomic mass is 10.00. The Bertz CT molecular complexity index is 1210. The average molecular weight is 875 g/mol. The molecular weight excluding hydrogens is 789 g/mol. The minimum Gasteiger partial charge on any atom is -0.462 e. The number of unbranched alkanes of at least 4 members (excludes halogenated alkanes) is 24. The van der Waals surface area contributed by atoms with E-state index in [4.69, 9.17) is 18.9 Å². The summed E-state index contributed by atoms with van der Waals surface area (Å²) in [5.74, 6) is -2.04. The van der Waals surface area contributed by atoms with Crippen molar-refractivity contribution in [2.75, 3.05) is 19.0 Å². The predicted octanol–water partition coefficient (Wildman–Crippen LogP) is 10.0. The third-order valence-electron chi connectivity index (χ3n) is 11.0. The van der Waals surface area contributed by atoms with E-state index in [-0.39, 0.29) is 19.4 Å². The van der Waals surface area contributed by atoms with Gasteiger partial charge in [0.2, 0.25) is 0 Å². The van der Waals surface area contributed by atoms with Gasteiger partial charge in [-0.25, -0.2) is 0 Å². The Labute approximate surface area is 364 Å². The van der Waals surface area contributed by atoms with E-state index in [9.17, 15) is 37.9 Å². The van der Waals surface area contributed by atoms with Crippen LogP contribution in [0.15, 0.2) is 24.3 Å². The second-order valence-electron chi connectivity index (χ2n) is 16.8. The van der Waals surface area contributed by atoms with Crippen LogP contribution in [0, 0.1) is 0 Å². The van der Waals surface area contributed by atoms with Gasteiger partial charge in [0.1, 0.15) is 36.8 Å². The summed E-state index contributed by atoms with van der Waals surface area (Å²) >= 11 is 0. The fourth-order valence-electron chi connectivity index (χ4n) is 7.28. The summed E-state index contributed by atoms with van der Waals surface area (Å²) in [6, 6.07) is 0. The molecular formula is C47H86O12S. The number of ether oxygens (including phenoxy) is 4. The molecule has 0 saturated carbocycles. The van der Waals surface area contributed by atoms with E-state index in [1.54, 1.807) is 0 Å². The van der Waals surface area contributed by atoms with Gasteiger partial charge in [-0.05, 0) is 51.4 Å². The van der Waals surface area contributed by atoms with Crippen LogP contribution in [0.1, 0.15) is 206 Å². The van der Waals surface area contributed by atoms with Crippen molar-refractivity contribution < 1.29 is 56.8 Å². The molecule has 0 aromatic heterocycles. The molecule has 0 spiro atoms. The van der Waals surface area contributed by atoms with Gasteiger partial charge >= 0.3 is 11.9 Å². The molecule has 1 aliphatic rings. The van der Waals surface area contributed by atoms with Crippen LogP contribution in [0.3, 0.4) is 0 Å². The first kappa shape index (κ1) is 56.1. The first-order valence-corrected chi connectivity index (χ1v) is 25.5. The Hall–Kier alpha value is -1.87. The zero-order valence-electron chi connectivity index (χ0n) is 37.6. The van der Waals surface area contributed by atoms with Gasteiger partial charge in [0.25, 0.3) is 10.1 Å². The Kier molecular flexibility index (Phi) is 35.2. The molecule has 13 heteroatoms. The van der Waals surface area contributed by atoms with Crippen LogP contribution >= 0.6 is 0 Å². The molecule has 0 aromatic rings. The maximum absolute atomic E-state index is 12.8. The molecule has 0 bridgehead atoms. The molecule has 2 unspecified atom stereocenters. The minimum absolute atomic E-state index is 0.138. The van der Waals surface area contributed by atoms with Crippen molar-refractivity contribution >= 4 is 22.1 Å². The van der Waals surface area contributed by atoms with Crippen molar-refractivity contribution in [3.05, 3.63) is 24.3 Å². The zero-order valence-corrected chi connectivity index (χ0v) is 38.4. The molecule has 1 saturated heterocycles. The Morgan fingerprint density at radius 2 is 0.983 bits per heavy atom. The highest BCUT2D eigenvalue weighted by Crippen LogP contribution is 2.24. The highest BCUT2D eigenvalue weighted by atomic mass is 32.2. The number of hydrogen-bond acceptors (Lipinski definition) is 11. The van der Waals surface area contributed by atoms with Crippen LogP contribution in [0.2, 0.25) is 0 Å². The van der Waals surface area contributed by atoms with Crippen molar-refractivity contribution in [3.63, 3.8) is 0 Å². The second-order valence-corrected chi connectivity index (χ2v) is 18.3. The normalized spacial score (nSPS) is 20.3. The van der Waals surface area contributed by atoms with Gasteiger partial charge in [-0.15, -0.1) is 0 Å². The molecule has 0 radical (unpaired) electrons.